The summed E-state index contributed by atoms with van der Waals surface area (Å²) >= 11 is 0. The second kappa shape index (κ2) is 10.6. The quantitative estimate of drug-likeness (QED) is 0.486. The Kier molecular flexibility index (Phi) is 11.7. The van der Waals surface area contributed by atoms with Gasteiger partial charge in [0, 0.05) is 12.8 Å². The van der Waals surface area contributed by atoms with Crippen molar-refractivity contribution in [2.45, 2.75) is 37.8 Å². The summed E-state index contributed by atoms with van der Waals surface area (Å²) < 4.78 is 0. The van der Waals surface area contributed by atoms with E-state index in [1.54, 1.807) is 0 Å². The van der Waals surface area contributed by atoms with Crippen molar-refractivity contribution in [2.24, 2.45) is 0 Å². The number of hydrogen-bond acceptors (Lipinski definition) is 6. The average molecular weight is 302 g/mol. The number of carboxylic acids is 2. The molecule has 2 rings (SSSR count). The van der Waals surface area contributed by atoms with Gasteiger partial charge < -0.3 is 30.4 Å². The van der Waals surface area contributed by atoms with Gasteiger partial charge in [-0.2, -0.15) is 0 Å². The van der Waals surface area contributed by atoms with Gasteiger partial charge in [-0.25, -0.2) is 0 Å². The van der Waals surface area contributed by atoms with Crippen LogP contribution in [0.5, 0.6) is 0 Å². The maximum Gasteiger partial charge on any atom is 1.00 e. The molecule has 2 atom stereocenters. The Labute approximate surface area is 159 Å². The summed E-state index contributed by atoms with van der Waals surface area (Å²) in [4.78, 5) is 40.8. The molecule has 2 heterocycles. The van der Waals surface area contributed by atoms with E-state index in [-0.39, 0.29) is 70.9 Å². The second-order valence-electron chi connectivity index (χ2n) is 3.96. The third-order valence-electron chi connectivity index (χ3n) is 2.56. The molecule has 2 aliphatic rings. The maximum absolute atomic E-state index is 10.4. The zero-order chi connectivity index (χ0) is 13.7. The molecule has 2 N–H and O–H groups in total. The standard InChI is InChI=1S/2C5H7NO3.2Na/c2*7-4-2-1-3(6-4)5(8)9;;/h2*3H,1-2H2,(H,6,7)(H,8,9);;/q;;2*+1/p-2/t2*3-;;/m00../s1. The summed E-state index contributed by atoms with van der Waals surface area (Å²) in [6.45, 7) is 0. The van der Waals surface area contributed by atoms with E-state index in [0.29, 0.717) is 25.7 Å². The first-order valence-corrected chi connectivity index (χ1v) is 5.40. The van der Waals surface area contributed by atoms with E-state index in [9.17, 15) is 29.4 Å². The minimum absolute atomic E-state index is 0. The van der Waals surface area contributed by atoms with Crippen LogP contribution in [-0.4, -0.2) is 35.8 Å². The number of amides is 2. The van der Waals surface area contributed by atoms with Crippen LogP contribution in [0.4, 0.5) is 0 Å². The van der Waals surface area contributed by atoms with Crippen LogP contribution >= 0.6 is 0 Å². The monoisotopic (exact) mass is 302 g/mol. The van der Waals surface area contributed by atoms with E-state index in [2.05, 4.69) is 10.6 Å². The van der Waals surface area contributed by atoms with Gasteiger partial charge in [-0.05, 0) is 12.8 Å². The van der Waals surface area contributed by atoms with E-state index in [1.807, 2.05) is 0 Å². The summed E-state index contributed by atoms with van der Waals surface area (Å²) in [6.07, 6.45) is 1.33. The SMILES string of the molecule is O=C1CC[C@@H](C(=O)[O-])N1.O=C1CC[C@@H](C(=O)[O-])N1.[Na+].[Na+]. The van der Waals surface area contributed by atoms with Crippen molar-refractivity contribution in [3.05, 3.63) is 0 Å². The summed E-state index contributed by atoms with van der Waals surface area (Å²) in [5.41, 5.74) is 0. The van der Waals surface area contributed by atoms with Crippen LogP contribution in [0.2, 0.25) is 0 Å². The molecule has 8 nitrogen and oxygen atoms in total. The van der Waals surface area contributed by atoms with E-state index in [1.165, 1.54) is 0 Å². The summed E-state index contributed by atoms with van der Waals surface area (Å²) in [5, 5.41) is 24.5. The molecule has 0 radical (unpaired) electrons. The van der Waals surface area contributed by atoms with Crippen LogP contribution in [0, 0.1) is 0 Å². The van der Waals surface area contributed by atoms with E-state index in [4.69, 9.17) is 0 Å². The molecule has 0 spiro atoms. The number of rotatable bonds is 2. The van der Waals surface area contributed by atoms with Crippen molar-refractivity contribution in [3.8, 4) is 0 Å². The number of hydrogen-bond donors (Lipinski definition) is 2. The van der Waals surface area contributed by atoms with Gasteiger partial charge in [0.25, 0.3) is 0 Å². The zero-order valence-electron chi connectivity index (χ0n) is 11.4. The Morgan fingerprint density at radius 1 is 0.850 bits per heavy atom. The molecule has 100 valence electrons. The Bertz CT molecular complexity index is 354. The molecule has 0 aliphatic carbocycles. The summed E-state index contributed by atoms with van der Waals surface area (Å²) in [6, 6.07) is -1.50. The molecule has 20 heavy (non-hydrogen) atoms. The molecular formula is C10H12N2Na2O6. The van der Waals surface area contributed by atoms with Crippen LogP contribution in [0.3, 0.4) is 0 Å². The van der Waals surface area contributed by atoms with Crippen LogP contribution < -0.4 is 80.0 Å². The molecule has 2 fully saturated rings. The smallest absolute Gasteiger partial charge is 0.548 e. The molecule has 0 aromatic carbocycles. The van der Waals surface area contributed by atoms with Gasteiger partial charge in [-0.3, -0.25) is 9.59 Å². The van der Waals surface area contributed by atoms with Crippen molar-refractivity contribution in [3.63, 3.8) is 0 Å². The number of aliphatic carboxylic acids is 2. The van der Waals surface area contributed by atoms with Crippen molar-refractivity contribution in [2.75, 3.05) is 0 Å². The van der Waals surface area contributed by atoms with E-state index >= 15 is 0 Å². The normalized spacial score (nSPS) is 23.2. The van der Waals surface area contributed by atoms with Gasteiger partial charge in [0.1, 0.15) is 0 Å². The fourth-order valence-corrected chi connectivity index (χ4v) is 1.58. The molecule has 0 unspecified atom stereocenters. The largest absolute Gasteiger partial charge is 1.00 e. The molecule has 0 bridgehead atoms. The van der Waals surface area contributed by atoms with Gasteiger partial charge in [-0.15, -0.1) is 0 Å². The number of carbonyl (C=O) groups excluding carboxylic acids is 4. The molecule has 0 saturated carbocycles. The first-order valence-electron chi connectivity index (χ1n) is 5.40. The van der Waals surface area contributed by atoms with Crippen molar-refractivity contribution < 1.29 is 88.5 Å². The van der Waals surface area contributed by atoms with Crippen LogP contribution in [0.15, 0.2) is 0 Å². The Hall–Kier alpha value is -0.120. The fraction of sp³-hybridized carbons (Fsp3) is 0.600. The minimum atomic E-state index is -1.19. The zero-order valence-corrected chi connectivity index (χ0v) is 15.4. The Morgan fingerprint density at radius 3 is 1.25 bits per heavy atom. The molecular weight excluding hydrogens is 290 g/mol. The van der Waals surface area contributed by atoms with Gasteiger partial charge in [0.05, 0.1) is 24.0 Å². The molecule has 0 aromatic heterocycles. The molecule has 0 aromatic rings. The number of carboxylic acid groups (broad SMARTS) is 2. The summed E-state index contributed by atoms with van der Waals surface area (Å²) in [7, 11) is 0. The van der Waals surface area contributed by atoms with Crippen molar-refractivity contribution in [1.82, 2.24) is 10.6 Å². The molecule has 2 saturated heterocycles. The molecule has 10 heteroatoms. The predicted molar refractivity (Wildman–Crippen MR) is 52.3 cm³/mol. The van der Waals surface area contributed by atoms with E-state index in [0.717, 1.165) is 0 Å². The van der Waals surface area contributed by atoms with Crippen molar-refractivity contribution in [1.29, 1.82) is 0 Å². The second-order valence-corrected chi connectivity index (χ2v) is 3.96. The van der Waals surface area contributed by atoms with Crippen LogP contribution in [0.1, 0.15) is 25.7 Å². The molecule has 2 amide bonds. The van der Waals surface area contributed by atoms with E-state index < -0.39 is 24.0 Å². The number of carbonyl (C=O) groups is 4. The fourth-order valence-electron chi connectivity index (χ4n) is 1.58. The first-order chi connectivity index (χ1) is 8.40. The third-order valence-corrected chi connectivity index (χ3v) is 2.56. The number of nitrogens with one attached hydrogen (secondary N) is 2. The van der Waals surface area contributed by atoms with Gasteiger partial charge >= 0.3 is 59.1 Å². The van der Waals surface area contributed by atoms with Crippen LogP contribution in [0.25, 0.3) is 0 Å². The average Bonchev–Trinajstić information content (AvgIpc) is 2.88. The van der Waals surface area contributed by atoms with Gasteiger partial charge in [-0.1, -0.05) is 0 Å². The summed E-state index contributed by atoms with van der Waals surface area (Å²) in [5.74, 6) is -2.80. The minimum Gasteiger partial charge on any atom is -0.548 e. The van der Waals surface area contributed by atoms with Crippen LogP contribution in [-0.2, 0) is 19.2 Å². The Morgan fingerprint density at radius 2 is 1.15 bits per heavy atom. The van der Waals surface area contributed by atoms with Gasteiger partial charge in [0.2, 0.25) is 11.8 Å². The Balaban J connectivity index is 0. The van der Waals surface area contributed by atoms with Gasteiger partial charge in [0.15, 0.2) is 0 Å². The van der Waals surface area contributed by atoms with Crippen molar-refractivity contribution >= 4 is 23.8 Å². The predicted octanol–water partition coefficient (Wildman–Crippen LogP) is -9.96. The molecule has 2 aliphatic heterocycles. The first kappa shape index (κ1) is 22.2. The maximum atomic E-state index is 10.4. The third kappa shape index (κ3) is 7.61. The topological polar surface area (TPSA) is 138 Å².